The average molecular weight is 453 g/mol. The predicted octanol–water partition coefficient (Wildman–Crippen LogP) is 6.57. The summed E-state index contributed by atoms with van der Waals surface area (Å²) in [5.74, 6) is 0.319. The number of rotatable bonds is 6. The van der Waals surface area contributed by atoms with E-state index in [4.69, 9.17) is 5.11 Å². The van der Waals surface area contributed by atoms with Crippen LogP contribution in [0, 0.1) is 0 Å². The molecule has 0 unspecified atom stereocenters. The number of phenolic OH excluding ortho intramolecular Hbond substituents is 1. The summed E-state index contributed by atoms with van der Waals surface area (Å²) in [7, 11) is 0. The molecule has 0 radical (unpaired) electrons. The molecule has 1 aliphatic carbocycles. The molecule has 5 rings (SSSR count). The number of aryl methyl sites for hydroxylation is 2. The fourth-order valence-corrected chi connectivity index (χ4v) is 4.53. The van der Waals surface area contributed by atoms with Crippen molar-refractivity contribution in [3.05, 3.63) is 107 Å². The first-order chi connectivity index (χ1) is 16.7. The summed E-state index contributed by atoms with van der Waals surface area (Å²) in [5, 5.41) is 23.4. The van der Waals surface area contributed by atoms with Crippen molar-refractivity contribution in [3.63, 3.8) is 0 Å². The Balaban J connectivity index is 0.00000133. The number of fused-ring (bicyclic) bond motifs is 1. The zero-order valence-corrected chi connectivity index (χ0v) is 19.9. The van der Waals surface area contributed by atoms with Gasteiger partial charge in [-0.2, -0.15) is 5.10 Å². The Morgan fingerprint density at radius 2 is 1.56 bits per heavy atom. The molecule has 4 heteroatoms. The Kier molecular flexibility index (Phi) is 7.61. The molecule has 3 aromatic carbocycles. The van der Waals surface area contributed by atoms with E-state index in [0.29, 0.717) is 18.7 Å². The first kappa shape index (κ1) is 23.5. The summed E-state index contributed by atoms with van der Waals surface area (Å²) in [6.45, 7) is 4.88. The molecule has 174 valence electrons. The summed E-state index contributed by atoms with van der Waals surface area (Å²) >= 11 is 0. The van der Waals surface area contributed by atoms with Crippen LogP contribution in [-0.2, 0) is 13.0 Å². The highest BCUT2D eigenvalue weighted by Gasteiger charge is 2.22. The van der Waals surface area contributed by atoms with E-state index in [-0.39, 0.29) is 6.61 Å². The standard InChI is InChI=1S/C28H26N2O2.C2H6/c31-16-4-15-30-19-24(18-29-30)20-7-9-22(10-8-20)28-26(21-5-2-1-3-6-21)13-11-23-17-25(32)12-14-27(23)28;1-2/h1-3,5-10,12,14,17-19,31-32H,4,11,13,15-16H2;1-2H3. The van der Waals surface area contributed by atoms with Crippen molar-refractivity contribution >= 4 is 11.1 Å². The summed E-state index contributed by atoms with van der Waals surface area (Å²) in [5.41, 5.74) is 9.57. The third-order valence-corrected chi connectivity index (χ3v) is 6.11. The quantitative estimate of drug-likeness (QED) is 0.348. The highest BCUT2D eigenvalue weighted by molar-refractivity contribution is 6.01. The third-order valence-electron chi connectivity index (χ3n) is 6.11. The normalized spacial score (nSPS) is 12.7. The van der Waals surface area contributed by atoms with Gasteiger partial charge in [-0.25, -0.2) is 0 Å². The lowest BCUT2D eigenvalue weighted by Crippen LogP contribution is -2.06. The molecule has 1 aromatic heterocycles. The molecule has 0 fully saturated rings. The van der Waals surface area contributed by atoms with E-state index in [9.17, 15) is 5.11 Å². The number of nitrogens with zero attached hydrogens (tertiary/aromatic N) is 2. The van der Waals surface area contributed by atoms with Gasteiger partial charge in [-0.15, -0.1) is 0 Å². The first-order valence-electron chi connectivity index (χ1n) is 12.1. The minimum Gasteiger partial charge on any atom is -0.508 e. The van der Waals surface area contributed by atoms with E-state index in [1.54, 1.807) is 6.07 Å². The average Bonchev–Trinajstić information content (AvgIpc) is 3.37. The molecule has 0 amide bonds. The molecule has 1 aliphatic rings. The molecule has 0 saturated heterocycles. The van der Waals surface area contributed by atoms with Crippen LogP contribution in [0.3, 0.4) is 0 Å². The molecular weight excluding hydrogens is 420 g/mol. The molecule has 0 saturated carbocycles. The van der Waals surface area contributed by atoms with E-state index >= 15 is 0 Å². The number of aromatic hydroxyl groups is 1. The minimum absolute atomic E-state index is 0.169. The number of phenols is 1. The Hall–Kier alpha value is -3.63. The SMILES string of the molecule is CC.OCCCn1cc(-c2ccc(C3=C(c4ccccc4)CCc4cc(O)ccc43)cc2)cn1. The Morgan fingerprint density at radius 1 is 0.824 bits per heavy atom. The first-order valence-corrected chi connectivity index (χ1v) is 12.1. The Bertz CT molecular complexity index is 1250. The molecule has 4 aromatic rings. The van der Waals surface area contributed by atoms with Gasteiger partial charge in [0.25, 0.3) is 0 Å². The highest BCUT2D eigenvalue weighted by atomic mass is 16.3. The van der Waals surface area contributed by atoms with E-state index < -0.39 is 0 Å². The monoisotopic (exact) mass is 452 g/mol. The fourth-order valence-electron chi connectivity index (χ4n) is 4.53. The summed E-state index contributed by atoms with van der Waals surface area (Å²) < 4.78 is 1.87. The smallest absolute Gasteiger partial charge is 0.115 e. The minimum atomic E-state index is 0.169. The third kappa shape index (κ3) is 4.97. The number of aliphatic hydroxyl groups is 1. The molecule has 0 spiro atoms. The van der Waals surface area contributed by atoms with Gasteiger partial charge in [0.2, 0.25) is 0 Å². The molecule has 0 atom stereocenters. The maximum atomic E-state index is 10.0. The molecule has 34 heavy (non-hydrogen) atoms. The van der Waals surface area contributed by atoms with Gasteiger partial charge in [-0.3, -0.25) is 4.68 Å². The van der Waals surface area contributed by atoms with Crippen molar-refractivity contribution in [2.75, 3.05) is 6.61 Å². The Morgan fingerprint density at radius 3 is 2.29 bits per heavy atom. The highest BCUT2D eigenvalue weighted by Crippen LogP contribution is 2.42. The molecule has 4 nitrogen and oxygen atoms in total. The van der Waals surface area contributed by atoms with Crippen LogP contribution < -0.4 is 0 Å². The second-order valence-corrected chi connectivity index (χ2v) is 8.21. The largest absolute Gasteiger partial charge is 0.508 e. The van der Waals surface area contributed by atoms with Crippen LogP contribution in [0.15, 0.2) is 85.2 Å². The summed E-state index contributed by atoms with van der Waals surface area (Å²) in [4.78, 5) is 0. The van der Waals surface area contributed by atoms with E-state index in [0.717, 1.165) is 24.0 Å². The summed E-state index contributed by atoms with van der Waals surface area (Å²) in [6, 6.07) is 24.9. The topological polar surface area (TPSA) is 58.3 Å². The molecular formula is C30H32N2O2. The lowest BCUT2D eigenvalue weighted by Gasteiger charge is -2.25. The number of hydrogen-bond donors (Lipinski definition) is 2. The van der Waals surface area contributed by atoms with Gasteiger partial charge in [0.1, 0.15) is 5.75 Å². The fraction of sp³-hybridized carbons (Fsp3) is 0.233. The van der Waals surface area contributed by atoms with Crippen molar-refractivity contribution in [2.45, 2.75) is 39.7 Å². The van der Waals surface area contributed by atoms with Crippen LogP contribution in [0.5, 0.6) is 5.75 Å². The second-order valence-electron chi connectivity index (χ2n) is 8.21. The van der Waals surface area contributed by atoms with Gasteiger partial charge in [-0.05, 0) is 70.4 Å². The number of hydrogen-bond acceptors (Lipinski definition) is 3. The van der Waals surface area contributed by atoms with Crippen molar-refractivity contribution < 1.29 is 10.2 Å². The van der Waals surface area contributed by atoms with Crippen LogP contribution in [0.4, 0.5) is 0 Å². The van der Waals surface area contributed by atoms with Gasteiger partial charge >= 0.3 is 0 Å². The van der Waals surface area contributed by atoms with Gasteiger partial charge < -0.3 is 10.2 Å². The number of benzene rings is 3. The second kappa shape index (κ2) is 11.0. The van der Waals surface area contributed by atoms with Crippen LogP contribution in [0.25, 0.3) is 22.3 Å². The van der Waals surface area contributed by atoms with Gasteiger partial charge in [0.05, 0.1) is 6.20 Å². The number of allylic oxidation sites excluding steroid dienone is 1. The zero-order chi connectivity index (χ0) is 23.9. The van der Waals surface area contributed by atoms with Crippen molar-refractivity contribution in [1.29, 1.82) is 0 Å². The van der Waals surface area contributed by atoms with Gasteiger partial charge in [0, 0.05) is 24.9 Å². The van der Waals surface area contributed by atoms with Crippen molar-refractivity contribution in [3.8, 4) is 16.9 Å². The van der Waals surface area contributed by atoms with Gasteiger partial charge in [0.15, 0.2) is 0 Å². The van der Waals surface area contributed by atoms with Crippen LogP contribution in [-0.4, -0.2) is 26.6 Å². The molecule has 2 N–H and O–H groups in total. The van der Waals surface area contributed by atoms with E-state index in [2.05, 4.69) is 53.6 Å². The van der Waals surface area contributed by atoms with Crippen molar-refractivity contribution in [2.24, 2.45) is 0 Å². The van der Waals surface area contributed by atoms with Crippen molar-refractivity contribution in [1.82, 2.24) is 9.78 Å². The lowest BCUT2D eigenvalue weighted by molar-refractivity contribution is 0.277. The lowest BCUT2D eigenvalue weighted by atomic mass is 9.79. The van der Waals surface area contributed by atoms with Crippen LogP contribution in [0.1, 0.15) is 48.9 Å². The van der Waals surface area contributed by atoms with E-state index in [1.165, 1.54) is 33.4 Å². The van der Waals surface area contributed by atoms with Crippen LogP contribution in [0.2, 0.25) is 0 Å². The molecule has 1 heterocycles. The number of aromatic nitrogens is 2. The maximum Gasteiger partial charge on any atom is 0.115 e. The van der Waals surface area contributed by atoms with E-state index in [1.807, 2.05) is 49.1 Å². The predicted molar refractivity (Wildman–Crippen MR) is 139 cm³/mol. The Labute approximate surface area is 201 Å². The maximum absolute atomic E-state index is 10.0. The molecule has 0 aliphatic heterocycles. The molecule has 0 bridgehead atoms. The van der Waals surface area contributed by atoms with Crippen LogP contribution >= 0.6 is 0 Å². The number of aliphatic hydroxyl groups excluding tert-OH is 1. The summed E-state index contributed by atoms with van der Waals surface area (Å²) in [6.07, 6.45) is 6.46. The van der Waals surface area contributed by atoms with Gasteiger partial charge in [-0.1, -0.05) is 74.5 Å². The zero-order valence-electron chi connectivity index (χ0n) is 19.9.